The molecule has 0 bridgehead atoms. The highest BCUT2D eigenvalue weighted by Gasteiger charge is 2.20. The minimum Gasteiger partial charge on any atom is -0.491 e. The Kier molecular flexibility index (Phi) is 17.8. The first-order valence-electron chi connectivity index (χ1n) is 21.0. The van der Waals surface area contributed by atoms with Gasteiger partial charge in [0.2, 0.25) is 0 Å². The Balaban J connectivity index is 0.000000238. The van der Waals surface area contributed by atoms with Gasteiger partial charge >= 0.3 is 0 Å². The van der Waals surface area contributed by atoms with Crippen LogP contribution in [0, 0.1) is 33.6 Å². The summed E-state index contributed by atoms with van der Waals surface area (Å²) in [7, 11) is 0. The second-order valence-corrected chi connectivity index (χ2v) is 17.0. The molecule has 4 aromatic rings. The molecule has 0 fully saturated rings. The van der Waals surface area contributed by atoms with Crippen molar-refractivity contribution in [2.24, 2.45) is 15.9 Å². The zero-order valence-corrected chi connectivity index (χ0v) is 38.4. The molecule has 8 nitrogen and oxygen atoms in total. The number of carbonyl (C=O) groups excluding carboxylic acids is 1. The third kappa shape index (κ3) is 12.8. The topological polar surface area (TPSA) is 107 Å². The molecule has 0 spiro atoms. The number of Topliss-reactive ketones (excluding diaryl/α,β-unsaturated/α-hetero) is 1. The number of ketones is 1. The van der Waals surface area contributed by atoms with E-state index in [9.17, 15) is 9.90 Å². The number of benzene rings is 3. The van der Waals surface area contributed by atoms with Gasteiger partial charge in [-0.15, -0.1) is 0 Å². The van der Waals surface area contributed by atoms with E-state index in [1.54, 1.807) is 6.92 Å². The Labute approximate surface area is 360 Å². The van der Waals surface area contributed by atoms with Crippen LogP contribution in [0.5, 0.6) is 5.75 Å². The van der Waals surface area contributed by atoms with Gasteiger partial charge in [-0.3, -0.25) is 14.8 Å². The SMILES string of the molecule is C.CC1=NCC(C)=C1c1cc(C)cc(C(=O)C(C)C)c1.CC1=NCC(C)=C1c1cc(OC(C)C)cc(C(C)O)c1.Cc1cc(-c2c(C)noc2C)cc(C(C)OC(C)C)c1. The lowest BCUT2D eigenvalue weighted by molar-refractivity contribution is 0.0178. The standard InChI is InChI=1S/2C17H23NO2.C17H21NO.CH4/c1-10(2)20-16-7-14(13(5)19)6-15(8-16)17-11(3)9-18-12(17)4;1-10(2)19-13(5)15-7-11(3)8-16(9-15)17-12(4)18-20-14(17)6;1-10(2)17(19)15-7-11(3)6-14(8-15)16-12(4)9-18-13(16)5;/h6-8,10,13,19H,9H2,1-5H3;7-10,13H,1-6H3;6-8,10H,9H2,1-5H3;1H4. The van der Waals surface area contributed by atoms with Gasteiger partial charge in [-0.25, -0.2) is 0 Å². The molecular formula is C52H71N3O5. The average Bonchev–Trinajstić information content (AvgIpc) is 3.79. The van der Waals surface area contributed by atoms with Gasteiger partial charge in [-0.1, -0.05) is 50.2 Å². The molecular weight excluding hydrogens is 747 g/mol. The molecule has 1 N–H and O–H groups in total. The summed E-state index contributed by atoms with van der Waals surface area (Å²) in [6, 6.07) is 18.6. The van der Waals surface area contributed by atoms with Crippen LogP contribution in [0.25, 0.3) is 22.3 Å². The lowest BCUT2D eigenvalue weighted by atomic mass is 9.92. The van der Waals surface area contributed by atoms with Crippen molar-refractivity contribution in [3.05, 3.63) is 116 Å². The van der Waals surface area contributed by atoms with Crippen molar-refractivity contribution in [1.82, 2.24) is 5.16 Å². The fraction of sp³-hybridized carbons (Fsp3) is 0.462. The Morgan fingerprint density at radius 2 is 1.18 bits per heavy atom. The maximum Gasteiger partial charge on any atom is 0.165 e. The van der Waals surface area contributed by atoms with Gasteiger partial charge in [0.15, 0.2) is 5.78 Å². The summed E-state index contributed by atoms with van der Waals surface area (Å²) in [5, 5.41) is 13.9. The monoisotopic (exact) mass is 818 g/mol. The maximum absolute atomic E-state index is 12.2. The van der Waals surface area contributed by atoms with Gasteiger partial charge in [0.1, 0.15) is 11.5 Å². The van der Waals surface area contributed by atoms with E-state index in [-0.39, 0.29) is 37.4 Å². The van der Waals surface area contributed by atoms with Crippen molar-refractivity contribution in [3.63, 3.8) is 0 Å². The first-order chi connectivity index (χ1) is 27.7. The molecule has 1 aromatic heterocycles. The molecule has 6 rings (SSSR count). The molecule has 2 aliphatic heterocycles. The Morgan fingerprint density at radius 1 is 0.650 bits per heavy atom. The largest absolute Gasteiger partial charge is 0.491 e. The van der Waals surface area contributed by atoms with E-state index in [4.69, 9.17) is 14.0 Å². The Bertz CT molecular complexity index is 2240. The number of hydrogen-bond donors (Lipinski definition) is 1. The van der Waals surface area contributed by atoms with Crippen LogP contribution in [0.2, 0.25) is 0 Å². The molecule has 2 unspecified atom stereocenters. The fourth-order valence-electron chi connectivity index (χ4n) is 7.64. The molecule has 60 heavy (non-hydrogen) atoms. The van der Waals surface area contributed by atoms with E-state index >= 15 is 0 Å². The van der Waals surface area contributed by atoms with Crippen LogP contribution >= 0.6 is 0 Å². The van der Waals surface area contributed by atoms with E-state index in [1.807, 2.05) is 92.6 Å². The first-order valence-corrected chi connectivity index (χ1v) is 21.0. The second kappa shape index (κ2) is 21.6. The Hall–Kier alpha value is -4.92. The van der Waals surface area contributed by atoms with Crippen molar-refractivity contribution in [2.75, 3.05) is 13.1 Å². The quantitative estimate of drug-likeness (QED) is 0.151. The number of hydrogen-bond acceptors (Lipinski definition) is 8. The second-order valence-electron chi connectivity index (χ2n) is 17.0. The van der Waals surface area contributed by atoms with Gasteiger partial charge < -0.3 is 19.1 Å². The van der Waals surface area contributed by atoms with Gasteiger partial charge in [0.05, 0.1) is 43.2 Å². The van der Waals surface area contributed by atoms with Gasteiger partial charge in [0.25, 0.3) is 0 Å². The molecule has 2 atom stereocenters. The summed E-state index contributed by atoms with van der Waals surface area (Å²) in [6.07, 6.45) is -0.105. The lowest BCUT2D eigenvalue weighted by Gasteiger charge is -2.18. The molecule has 3 heterocycles. The highest BCUT2D eigenvalue weighted by Crippen LogP contribution is 2.33. The number of aromatic nitrogens is 1. The minimum atomic E-state index is -0.510. The first kappa shape index (κ1) is 49.4. The number of allylic oxidation sites excluding steroid dienone is 2. The smallest absolute Gasteiger partial charge is 0.165 e. The summed E-state index contributed by atoms with van der Waals surface area (Å²) < 4.78 is 17.0. The number of nitrogens with zero attached hydrogens (tertiary/aromatic N) is 3. The zero-order chi connectivity index (χ0) is 43.9. The van der Waals surface area contributed by atoms with E-state index < -0.39 is 6.10 Å². The molecule has 0 saturated heterocycles. The third-order valence-corrected chi connectivity index (χ3v) is 10.3. The highest BCUT2D eigenvalue weighted by molar-refractivity contribution is 6.26. The van der Waals surface area contributed by atoms with Gasteiger partial charge in [-0.05, 0) is 178 Å². The van der Waals surface area contributed by atoms with Crippen LogP contribution < -0.4 is 4.74 Å². The molecule has 0 saturated carbocycles. The summed E-state index contributed by atoms with van der Waals surface area (Å²) in [5.74, 6) is 1.89. The van der Waals surface area contributed by atoms with Crippen molar-refractivity contribution < 1.29 is 23.9 Å². The van der Waals surface area contributed by atoms with E-state index in [0.717, 1.165) is 80.7 Å². The highest BCUT2D eigenvalue weighted by atomic mass is 16.5. The number of aliphatic hydroxyl groups excluding tert-OH is 1. The summed E-state index contributed by atoms with van der Waals surface area (Å²) in [6.45, 7) is 33.8. The Morgan fingerprint density at radius 3 is 1.65 bits per heavy atom. The van der Waals surface area contributed by atoms with Crippen LogP contribution in [0.3, 0.4) is 0 Å². The normalized spacial score (nSPS) is 14.7. The predicted octanol–water partition coefficient (Wildman–Crippen LogP) is 13.2. The number of aliphatic hydroxyl groups is 1. The molecule has 3 aromatic carbocycles. The van der Waals surface area contributed by atoms with Crippen molar-refractivity contribution >= 4 is 28.4 Å². The predicted molar refractivity (Wildman–Crippen MR) is 252 cm³/mol. The van der Waals surface area contributed by atoms with E-state index in [2.05, 4.69) is 80.9 Å². The van der Waals surface area contributed by atoms with Crippen LogP contribution in [-0.2, 0) is 4.74 Å². The van der Waals surface area contributed by atoms with E-state index in [0.29, 0.717) is 0 Å². The van der Waals surface area contributed by atoms with Crippen molar-refractivity contribution in [3.8, 4) is 16.9 Å². The van der Waals surface area contributed by atoms with Crippen LogP contribution in [0.1, 0.15) is 158 Å². The van der Waals surface area contributed by atoms with E-state index in [1.165, 1.54) is 33.4 Å². The van der Waals surface area contributed by atoms with Gasteiger partial charge in [-0.2, -0.15) is 0 Å². The fourth-order valence-corrected chi connectivity index (χ4v) is 7.64. The lowest BCUT2D eigenvalue weighted by Crippen LogP contribution is -2.08. The summed E-state index contributed by atoms with van der Waals surface area (Å²) >= 11 is 0. The molecule has 324 valence electrons. The zero-order valence-electron chi connectivity index (χ0n) is 38.4. The van der Waals surface area contributed by atoms with Crippen molar-refractivity contribution in [1.29, 1.82) is 0 Å². The number of rotatable bonds is 11. The number of aryl methyl sites for hydroxylation is 4. The molecule has 0 radical (unpaired) electrons. The number of ether oxygens (including phenoxy) is 2. The molecule has 2 aliphatic rings. The molecule has 0 amide bonds. The third-order valence-electron chi connectivity index (χ3n) is 10.3. The summed E-state index contributed by atoms with van der Waals surface area (Å²) in [5.41, 5.74) is 17.7. The van der Waals surface area contributed by atoms with Gasteiger partial charge in [0, 0.05) is 39.6 Å². The molecule has 0 aliphatic carbocycles. The van der Waals surface area contributed by atoms with Crippen molar-refractivity contribution in [2.45, 2.75) is 143 Å². The number of aliphatic imine (C=N–C) groups is 2. The average molecular weight is 818 g/mol. The maximum atomic E-state index is 12.2. The van der Waals surface area contributed by atoms with Crippen LogP contribution in [0.4, 0.5) is 0 Å². The van der Waals surface area contributed by atoms with Crippen LogP contribution in [-0.4, -0.2) is 52.8 Å². The number of carbonyl (C=O) groups is 1. The minimum absolute atomic E-state index is 0. The molecule has 8 heteroatoms. The van der Waals surface area contributed by atoms with Crippen LogP contribution in [0.15, 0.2) is 80.3 Å². The summed E-state index contributed by atoms with van der Waals surface area (Å²) in [4.78, 5) is 21.1.